The van der Waals surface area contributed by atoms with Gasteiger partial charge in [0.05, 0.1) is 5.02 Å². The summed E-state index contributed by atoms with van der Waals surface area (Å²) in [5, 5.41) is 3.98. The monoisotopic (exact) mass is 318 g/mol. The van der Waals surface area contributed by atoms with Crippen molar-refractivity contribution in [3.8, 4) is 0 Å². The molecule has 0 atom stereocenters. The molecule has 9 heteroatoms. The number of alkyl halides is 3. The first-order chi connectivity index (χ1) is 9.70. The molecule has 5 nitrogen and oxygen atoms in total. The number of anilines is 1. The molecule has 0 bridgehead atoms. The molecule has 0 saturated heterocycles. The molecule has 0 aliphatic rings. The second kappa shape index (κ2) is 5.36. The van der Waals surface area contributed by atoms with Gasteiger partial charge in [0.1, 0.15) is 11.5 Å². The summed E-state index contributed by atoms with van der Waals surface area (Å²) in [6, 6.07) is 3.70. The molecule has 2 heterocycles. The molecule has 0 spiro atoms. The lowest BCUT2D eigenvalue weighted by molar-refractivity contribution is -0.143. The van der Waals surface area contributed by atoms with E-state index in [4.69, 9.17) is 11.6 Å². The number of aryl methyl sites for hydroxylation is 1. The average Bonchev–Trinajstić information content (AvgIpc) is 2.80. The molecule has 1 amide bonds. The van der Waals surface area contributed by atoms with Crippen LogP contribution >= 0.6 is 11.6 Å². The van der Waals surface area contributed by atoms with Crippen LogP contribution < -0.4 is 4.90 Å². The van der Waals surface area contributed by atoms with Crippen LogP contribution in [-0.2, 0) is 13.2 Å². The Bertz CT molecular complexity index is 666. The summed E-state index contributed by atoms with van der Waals surface area (Å²) < 4.78 is 38.7. The Morgan fingerprint density at radius 2 is 2.05 bits per heavy atom. The van der Waals surface area contributed by atoms with Crippen LogP contribution in [0.4, 0.5) is 19.0 Å². The normalized spacial score (nSPS) is 11.5. The van der Waals surface area contributed by atoms with Gasteiger partial charge in [0.2, 0.25) is 0 Å². The quantitative estimate of drug-likeness (QED) is 0.855. The molecule has 0 aliphatic heterocycles. The largest absolute Gasteiger partial charge is 0.433 e. The maximum atomic E-state index is 12.7. The number of hydrogen-bond acceptors (Lipinski definition) is 3. The van der Waals surface area contributed by atoms with Crippen molar-refractivity contribution >= 4 is 23.3 Å². The molecule has 112 valence electrons. The molecular formula is C12H10ClF3N4O. The second-order valence-corrected chi connectivity index (χ2v) is 4.67. The first kappa shape index (κ1) is 15.3. The lowest BCUT2D eigenvalue weighted by Gasteiger charge is -2.14. The number of carbonyl (C=O) groups excluding carboxylic acids is 1. The third kappa shape index (κ3) is 3.15. The smallest absolute Gasteiger partial charge is 0.294 e. The number of aromatic nitrogens is 3. The van der Waals surface area contributed by atoms with Gasteiger partial charge in [-0.25, -0.2) is 4.98 Å². The van der Waals surface area contributed by atoms with E-state index in [-0.39, 0.29) is 11.5 Å². The summed E-state index contributed by atoms with van der Waals surface area (Å²) in [6.07, 6.45) is -3.24. The maximum absolute atomic E-state index is 12.7. The van der Waals surface area contributed by atoms with Crippen LogP contribution in [-0.4, -0.2) is 27.7 Å². The predicted molar refractivity (Wildman–Crippen MR) is 70.2 cm³/mol. The van der Waals surface area contributed by atoms with Crippen molar-refractivity contribution in [2.75, 3.05) is 11.9 Å². The third-order valence-corrected chi connectivity index (χ3v) is 2.97. The van der Waals surface area contributed by atoms with Gasteiger partial charge in [-0.15, -0.1) is 0 Å². The van der Waals surface area contributed by atoms with E-state index >= 15 is 0 Å². The second-order valence-electron chi connectivity index (χ2n) is 4.23. The highest BCUT2D eigenvalue weighted by Crippen LogP contribution is 2.29. The van der Waals surface area contributed by atoms with E-state index in [0.717, 1.165) is 11.9 Å². The van der Waals surface area contributed by atoms with E-state index in [9.17, 15) is 18.0 Å². The Morgan fingerprint density at radius 1 is 1.38 bits per heavy atom. The summed E-state index contributed by atoms with van der Waals surface area (Å²) in [6.45, 7) is 0. The molecule has 0 fully saturated rings. The summed E-state index contributed by atoms with van der Waals surface area (Å²) >= 11 is 5.68. The molecule has 0 unspecified atom stereocenters. The number of carbonyl (C=O) groups is 1. The molecule has 0 N–H and O–H groups in total. The van der Waals surface area contributed by atoms with Crippen molar-refractivity contribution < 1.29 is 18.0 Å². The van der Waals surface area contributed by atoms with Crippen LogP contribution in [0.1, 0.15) is 16.2 Å². The van der Waals surface area contributed by atoms with Gasteiger partial charge in [0.25, 0.3) is 5.91 Å². The maximum Gasteiger partial charge on any atom is 0.433 e. The van der Waals surface area contributed by atoms with Crippen molar-refractivity contribution in [2.24, 2.45) is 7.05 Å². The molecule has 2 aromatic rings. The average molecular weight is 319 g/mol. The first-order valence-electron chi connectivity index (χ1n) is 5.71. The Hall–Kier alpha value is -2.09. The Morgan fingerprint density at radius 3 is 2.52 bits per heavy atom. The van der Waals surface area contributed by atoms with Gasteiger partial charge in [-0.2, -0.15) is 18.3 Å². The van der Waals surface area contributed by atoms with E-state index in [0.29, 0.717) is 15.8 Å². The zero-order chi connectivity index (χ0) is 15.8. The first-order valence-corrected chi connectivity index (χ1v) is 6.09. The van der Waals surface area contributed by atoms with E-state index in [1.807, 2.05) is 0 Å². The van der Waals surface area contributed by atoms with E-state index in [2.05, 4.69) is 10.1 Å². The summed E-state index contributed by atoms with van der Waals surface area (Å²) in [5.41, 5.74) is -1.31. The van der Waals surface area contributed by atoms with Crippen molar-refractivity contribution in [2.45, 2.75) is 6.18 Å². The van der Waals surface area contributed by atoms with Crippen molar-refractivity contribution in [1.29, 1.82) is 0 Å². The van der Waals surface area contributed by atoms with E-state index in [1.54, 1.807) is 0 Å². The molecule has 0 radical (unpaired) electrons. The molecule has 0 aromatic carbocycles. The van der Waals surface area contributed by atoms with Gasteiger partial charge in [-0.3, -0.25) is 14.4 Å². The standard InChI is InChI=1S/C12H10ClF3N4O/c1-19(10-4-3-7(13)6-17-10)11(21)8-5-9(12(14,15)16)20(2)18-8/h3-6H,1-2H3. The van der Waals surface area contributed by atoms with Crippen LogP contribution in [0.2, 0.25) is 5.02 Å². The van der Waals surface area contributed by atoms with Crippen LogP contribution in [0.25, 0.3) is 0 Å². The van der Waals surface area contributed by atoms with Gasteiger partial charge in [0, 0.05) is 26.4 Å². The molecule has 2 aromatic heterocycles. The Balaban J connectivity index is 2.30. The molecule has 2 rings (SSSR count). The van der Waals surface area contributed by atoms with Crippen molar-refractivity contribution in [3.63, 3.8) is 0 Å². The SMILES string of the molecule is CN(C(=O)c1cc(C(F)(F)F)n(C)n1)c1ccc(Cl)cn1. The van der Waals surface area contributed by atoms with Crippen molar-refractivity contribution in [3.05, 3.63) is 40.8 Å². The van der Waals surface area contributed by atoms with E-state index in [1.165, 1.54) is 25.4 Å². The number of hydrogen-bond donors (Lipinski definition) is 0. The van der Waals surface area contributed by atoms with Gasteiger partial charge in [0.15, 0.2) is 5.69 Å². The minimum Gasteiger partial charge on any atom is -0.294 e. The molecule has 0 aliphatic carbocycles. The molecule has 21 heavy (non-hydrogen) atoms. The minimum atomic E-state index is -4.57. The van der Waals surface area contributed by atoms with Crippen LogP contribution in [0.5, 0.6) is 0 Å². The fraction of sp³-hybridized carbons (Fsp3) is 0.250. The fourth-order valence-corrected chi connectivity index (χ4v) is 1.79. The van der Waals surface area contributed by atoms with Crippen LogP contribution in [0, 0.1) is 0 Å². The van der Waals surface area contributed by atoms with Gasteiger partial charge in [-0.1, -0.05) is 11.6 Å². The highest BCUT2D eigenvalue weighted by molar-refractivity contribution is 6.30. The zero-order valence-corrected chi connectivity index (χ0v) is 11.8. The molecular weight excluding hydrogens is 309 g/mol. The summed E-state index contributed by atoms with van der Waals surface area (Å²) in [4.78, 5) is 17.1. The topological polar surface area (TPSA) is 51.0 Å². The predicted octanol–water partition coefficient (Wildman–Crippen LogP) is 2.76. The Kier molecular flexibility index (Phi) is 3.91. The summed E-state index contributed by atoms with van der Waals surface area (Å²) in [7, 11) is 2.51. The van der Waals surface area contributed by atoms with Crippen LogP contribution in [0.3, 0.4) is 0 Å². The van der Waals surface area contributed by atoms with Gasteiger partial charge in [-0.05, 0) is 12.1 Å². The lowest BCUT2D eigenvalue weighted by atomic mass is 10.3. The number of nitrogens with zero attached hydrogens (tertiary/aromatic N) is 4. The zero-order valence-electron chi connectivity index (χ0n) is 11.0. The third-order valence-electron chi connectivity index (χ3n) is 2.75. The number of amides is 1. The molecule has 0 saturated carbocycles. The van der Waals surface area contributed by atoms with Crippen molar-refractivity contribution in [1.82, 2.24) is 14.8 Å². The highest BCUT2D eigenvalue weighted by Gasteiger charge is 2.36. The Labute approximate surface area is 122 Å². The lowest BCUT2D eigenvalue weighted by Crippen LogP contribution is -2.27. The number of rotatable bonds is 2. The summed E-state index contributed by atoms with van der Waals surface area (Å²) in [5.74, 6) is -0.445. The van der Waals surface area contributed by atoms with Gasteiger partial charge < -0.3 is 0 Å². The minimum absolute atomic E-state index is 0.253. The number of pyridine rings is 1. The van der Waals surface area contributed by atoms with Crippen LogP contribution in [0.15, 0.2) is 24.4 Å². The highest BCUT2D eigenvalue weighted by atomic mass is 35.5. The van der Waals surface area contributed by atoms with Gasteiger partial charge >= 0.3 is 6.18 Å². The fourth-order valence-electron chi connectivity index (χ4n) is 1.68. The number of halogens is 4. The van der Waals surface area contributed by atoms with E-state index < -0.39 is 17.8 Å².